The number of methoxy groups -OCH3 is 1. The van der Waals surface area contributed by atoms with Gasteiger partial charge in [-0.2, -0.15) is 0 Å². The van der Waals surface area contributed by atoms with Crippen LogP contribution in [0.2, 0.25) is 0 Å². The molecule has 0 saturated carbocycles. The summed E-state index contributed by atoms with van der Waals surface area (Å²) in [6.07, 6.45) is 4.19. The first kappa shape index (κ1) is 15.3. The first-order valence-electron chi connectivity index (χ1n) is 7.73. The number of benzene rings is 1. The number of fused-ring (bicyclic) bond motifs is 1. The molecular weight excluding hydrogens is 294 g/mol. The maximum Gasteiger partial charge on any atom is 0.338 e. The van der Waals surface area contributed by atoms with E-state index in [4.69, 9.17) is 9.15 Å². The van der Waals surface area contributed by atoms with Gasteiger partial charge in [0.2, 0.25) is 5.91 Å². The van der Waals surface area contributed by atoms with Gasteiger partial charge in [0, 0.05) is 25.1 Å². The Balaban J connectivity index is 1.81. The van der Waals surface area contributed by atoms with Gasteiger partial charge in [-0.25, -0.2) is 4.79 Å². The van der Waals surface area contributed by atoms with E-state index in [0.29, 0.717) is 24.9 Å². The lowest BCUT2D eigenvalue weighted by molar-refractivity contribution is -0.118. The molecule has 0 saturated heterocycles. The molecule has 0 N–H and O–H groups in total. The fourth-order valence-electron chi connectivity index (χ4n) is 3.00. The summed E-state index contributed by atoms with van der Waals surface area (Å²) in [5, 5.41) is 0. The van der Waals surface area contributed by atoms with Crippen LogP contribution in [-0.2, 0) is 22.4 Å². The van der Waals surface area contributed by atoms with Gasteiger partial charge in [0.25, 0.3) is 0 Å². The zero-order chi connectivity index (χ0) is 16.2. The highest BCUT2D eigenvalue weighted by atomic mass is 16.5. The Morgan fingerprint density at radius 3 is 2.87 bits per heavy atom. The quantitative estimate of drug-likeness (QED) is 0.814. The summed E-state index contributed by atoms with van der Waals surface area (Å²) in [5.41, 5.74) is 2.27. The first-order valence-corrected chi connectivity index (χ1v) is 7.73. The molecule has 1 aromatic heterocycles. The van der Waals surface area contributed by atoms with Crippen LogP contribution in [0.1, 0.15) is 34.5 Å². The number of hydrogen-bond donors (Lipinski definition) is 0. The molecule has 0 bridgehead atoms. The predicted molar refractivity (Wildman–Crippen MR) is 85.5 cm³/mol. The van der Waals surface area contributed by atoms with Crippen molar-refractivity contribution in [1.29, 1.82) is 0 Å². The third-order valence-corrected chi connectivity index (χ3v) is 4.12. The van der Waals surface area contributed by atoms with E-state index in [9.17, 15) is 9.59 Å². The molecule has 0 aliphatic carbocycles. The van der Waals surface area contributed by atoms with Crippen molar-refractivity contribution in [2.75, 3.05) is 18.6 Å². The van der Waals surface area contributed by atoms with Gasteiger partial charge in [-0.15, -0.1) is 0 Å². The van der Waals surface area contributed by atoms with Crippen molar-refractivity contribution in [2.45, 2.75) is 25.7 Å². The fraction of sp³-hybridized carbons (Fsp3) is 0.333. The summed E-state index contributed by atoms with van der Waals surface area (Å²) in [7, 11) is 1.37. The molecule has 0 atom stereocenters. The van der Waals surface area contributed by atoms with Gasteiger partial charge in [0.1, 0.15) is 5.76 Å². The minimum atomic E-state index is -0.355. The second-order valence-corrected chi connectivity index (χ2v) is 5.52. The van der Waals surface area contributed by atoms with E-state index in [2.05, 4.69) is 0 Å². The van der Waals surface area contributed by atoms with Gasteiger partial charge < -0.3 is 14.1 Å². The maximum atomic E-state index is 12.6. The Bertz CT molecular complexity index is 706. The SMILES string of the molecule is COC(=O)c1cccc2c1CCCN2C(=O)CCc1ccco1. The van der Waals surface area contributed by atoms with E-state index in [1.54, 1.807) is 23.3 Å². The lowest BCUT2D eigenvalue weighted by Crippen LogP contribution is -2.36. The molecule has 1 aliphatic heterocycles. The van der Waals surface area contributed by atoms with E-state index >= 15 is 0 Å². The van der Waals surface area contributed by atoms with Crippen molar-refractivity contribution in [3.63, 3.8) is 0 Å². The Kier molecular flexibility index (Phi) is 4.46. The number of furan rings is 1. The van der Waals surface area contributed by atoms with Crippen molar-refractivity contribution in [3.05, 3.63) is 53.5 Å². The summed E-state index contributed by atoms with van der Waals surface area (Å²) >= 11 is 0. The van der Waals surface area contributed by atoms with Crippen LogP contribution < -0.4 is 4.90 Å². The van der Waals surface area contributed by atoms with Crippen LogP contribution in [-0.4, -0.2) is 25.5 Å². The normalized spacial score (nSPS) is 13.5. The predicted octanol–water partition coefficient (Wildman–Crippen LogP) is 2.98. The Labute approximate surface area is 134 Å². The van der Waals surface area contributed by atoms with Crippen LogP contribution in [0.5, 0.6) is 0 Å². The molecule has 1 amide bonds. The van der Waals surface area contributed by atoms with Crippen molar-refractivity contribution in [2.24, 2.45) is 0 Å². The average Bonchev–Trinajstić information content (AvgIpc) is 3.11. The van der Waals surface area contributed by atoms with E-state index in [-0.39, 0.29) is 11.9 Å². The molecular formula is C18H19NO4. The van der Waals surface area contributed by atoms with E-state index < -0.39 is 0 Å². The van der Waals surface area contributed by atoms with Gasteiger partial charge in [-0.3, -0.25) is 4.79 Å². The number of carbonyl (C=O) groups excluding carboxylic acids is 2. The highest BCUT2D eigenvalue weighted by molar-refractivity contribution is 5.98. The third kappa shape index (κ3) is 3.13. The number of aryl methyl sites for hydroxylation is 1. The van der Waals surface area contributed by atoms with Crippen LogP contribution in [0, 0.1) is 0 Å². The van der Waals surface area contributed by atoms with Gasteiger partial charge >= 0.3 is 5.97 Å². The van der Waals surface area contributed by atoms with Gasteiger partial charge in [0.15, 0.2) is 0 Å². The Morgan fingerprint density at radius 2 is 2.13 bits per heavy atom. The molecule has 0 spiro atoms. The molecule has 5 heteroatoms. The van der Waals surface area contributed by atoms with E-state index in [1.165, 1.54) is 7.11 Å². The molecule has 2 heterocycles. The minimum Gasteiger partial charge on any atom is -0.469 e. The highest BCUT2D eigenvalue weighted by Crippen LogP contribution is 2.31. The van der Waals surface area contributed by atoms with Gasteiger partial charge in [0.05, 0.1) is 18.9 Å². The molecule has 0 fully saturated rings. The largest absolute Gasteiger partial charge is 0.469 e. The zero-order valence-electron chi connectivity index (χ0n) is 13.1. The topological polar surface area (TPSA) is 59.8 Å². The molecule has 1 aromatic carbocycles. The second-order valence-electron chi connectivity index (χ2n) is 5.52. The molecule has 120 valence electrons. The number of anilines is 1. The van der Waals surface area contributed by atoms with Crippen molar-refractivity contribution in [3.8, 4) is 0 Å². The lowest BCUT2D eigenvalue weighted by atomic mass is 9.96. The Morgan fingerprint density at radius 1 is 1.26 bits per heavy atom. The van der Waals surface area contributed by atoms with Crippen molar-refractivity contribution < 1.29 is 18.7 Å². The van der Waals surface area contributed by atoms with Crippen molar-refractivity contribution >= 4 is 17.6 Å². The average molecular weight is 313 g/mol. The van der Waals surface area contributed by atoms with Crippen LogP contribution in [0.4, 0.5) is 5.69 Å². The molecule has 1 aliphatic rings. The summed E-state index contributed by atoms with van der Waals surface area (Å²) in [4.78, 5) is 26.3. The van der Waals surface area contributed by atoms with E-state index in [0.717, 1.165) is 29.9 Å². The molecule has 3 rings (SSSR count). The Hall–Kier alpha value is -2.56. The molecule has 2 aromatic rings. The standard InChI is InChI=1S/C18H19NO4/c1-22-18(21)15-6-2-8-16-14(15)7-3-11-19(16)17(20)10-9-13-5-4-12-23-13/h2,4-6,8,12H,3,7,9-11H2,1H3. The second kappa shape index (κ2) is 6.69. The van der Waals surface area contributed by atoms with Gasteiger partial charge in [-0.1, -0.05) is 6.07 Å². The van der Waals surface area contributed by atoms with E-state index in [1.807, 2.05) is 18.2 Å². The fourth-order valence-corrected chi connectivity index (χ4v) is 3.00. The number of amides is 1. The molecule has 23 heavy (non-hydrogen) atoms. The number of rotatable bonds is 4. The highest BCUT2D eigenvalue weighted by Gasteiger charge is 2.26. The van der Waals surface area contributed by atoms with Crippen LogP contribution in [0.15, 0.2) is 41.0 Å². The summed E-state index contributed by atoms with van der Waals surface area (Å²) in [5.74, 6) is 0.495. The minimum absolute atomic E-state index is 0.0457. The smallest absolute Gasteiger partial charge is 0.338 e. The molecule has 0 unspecified atom stereocenters. The van der Waals surface area contributed by atoms with Crippen LogP contribution in [0.3, 0.4) is 0 Å². The molecule has 5 nitrogen and oxygen atoms in total. The first-order chi connectivity index (χ1) is 11.2. The number of nitrogens with zero attached hydrogens (tertiary/aromatic N) is 1. The number of hydrogen-bond acceptors (Lipinski definition) is 4. The summed E-state index contributed by atoms with van der Waals surface area (Å²) in [6.45, 7) is 0.675. The monoisotopic (exact) mass is 313 g/mol. The van der Waals surface area contributed by atoms with Gasteiger partial charge in [-0.05, 0) is 42.7 Å². The number of ether oxygens (including phenoxy) is 1. The third-order valence-electron chi connectivity index (χ3n) is 4.12. The number of esters is 1. The number of carbonyl (C=O) groups is 2. The molecule has 0 radical (unpaired) electrons. The van der Waals surface area contributed by atoms with Crippen molar-refractivity contribution in [1.82, 2.24) is 0 Å². The maximum absolute atomic E-state index is 12.6. The lowest BCUT2D eigenvalue weighted by Gasteiger charge is -2.30. The summed E-state index contributed by atoms with van der Waals surface area (Å²) < 4.78 is 10.1. The van der Waals surface area contributed by atoms with Crippen LogP contribution >= 0.6 is 0 Å². The summed E-state index contributed by atoms with van der Waals surface area (Å²) in [6, 6.07) is 9.13. The zero-order valence-corrected chi connectivity index (χ0v) is 13.1. The van der Waals surface area contributed by atoms with Crippen LogP contribution in [0.25, 0.3) is 0 Å².